The minimum Gasteiger partial charge on any atom is -0.456 e. The Morgan fingerprint density at radius 2 is 1.76 bits per heavy atom. The molecule has 0 fully saturated rings. The maximum atomic E-state index is 13.2. The van der Waals surface area contributed by atoms with Crippen molar-refractivity contribution < 1.29 is 17.9 Å². The third-order valence-corrected chi connectivity index (χ3v) is 3.93. The van der Waals surface area contributed by atoms with Crippen LogP contribution in [0.3, 0.4) is 0 Å². The molecular formula is C16H14BrF3O. The van der Waals surface area contributed by atoms with Crippen LogP contribution in [0.15, 0.2) is 36.4 Å². The molecule has 0 radical (unpaired) electrons. The van der Waals surface area contributed by atoms with Crippen molar-refractivity contribution in [1.29, 1.82) is 0 Å². The molecule has 112 valence electrons. The van der Waals surface area contributed by atoms with Crippen molar-refractivity contribution in [1.82, 2.24) is 0 Å². The first kappa shape index (κ1) is 15.9. The first-order valence-corrected chi connectivity index (χ1v) is 7.45. The van der Waals surface area contributed by atoms with E-state index in [0.29, 0.717) is 16.6 Å². The number of rotatable bonds is 3. The molecule has 0 N–H and O–H groups in total. The first-order valence-electron chi connectivity index (χ1n) is 6.33. The van der Waals surface area contributed by atoms with Gasteiger partial charge >= 0.3 is 6.18 Å². The molecule has 2 aromatic rings. The van der Waals surface area contributed by atoms with E-state index in [-0.39, 0.29) is 5.75 Å². The molecule has 0 atom stereocenters. The van der Waals surface area contributed by atoms with Crippen molar-refractivity contribution in [2.45, 2.75) is 25.4 Å². The second-order valence-corrected chi connectivity index (χ2v) is 5.32. The van der Waals surface area contributed by atoms with Gasteiger partial charge in [0.25, 0.3) is 0 Å². The smallest absolute Gasteiger partial charge is 0.419 e. The number of hydrogen-bond acceptors (Lipinski definition) is 1. The van der Waals surface area contributed by atoms with Crippen LogP contribution in [0, 0.1) is 13.8 Å². The van der Waals surface area contributed by atoms with Gasteiger partial charge in [-0.15, -0.1) is 0 Å². The second kappa shape index (κ2) is 6.10. The fourth-order valence-electron chi connectivity index (χ4n) is 1.92. The number of aryl methyl sites for hydroxylation is 1. The second-order valence-electron chi connectivity index (χ2n) is 4.76. The third-order valence-electron chi connectivity index (χ3n) is 3.28. The van der Waals surface area contributed by atoms with Gasteiger partial charge in [-0.25, -0.2) is 0 Å². The molecule has 0 saturated carbocycles. The predicted molar refractivity (Wildman–Crippen MR) is 80.1 cm³/mol. The molecule has 0 saturated heterocycles. The summed E-state index contributed by atoms with van der Waals surface area (Å²) in [5.41, 5.74) is 1.59. The molecule has 0 bridgehead atoms. The van der Waals surface area contributed by atoms with Crippen molar-refractivity contribution in [3.8, 4) is 11.5 Å². The molecule has 5 heteroatoms. The fraction of sp³-hybridized carbons (Fsp3) is 0.250. The topological polar surface area (TPSA) is 9.23 Å². The van der Waals surface area contributed by atoms with Crippen molar-refractivity contribution in [3.63, 3.8) is 0 Å². The van der Waals surface area contributed by atoms with E-state index in [1.807, 2.05) is 19.9 Å². The zero-order valence-corrected chi connectivity index (χ0v) is 13.2. The summed E-state index contributed by atoms with van der Waals surface area (Å²) < 4.78 is 45.0. The van der Waals surface area contributed by atoms with Crippen LogP contribution in [0.1, 0.15) is 22.3 Å². The molecule has 2 rings (SSSR count). The highest BCUT2D eigenvalue weighted by Crippen LogP contribution is 2.39. The molecule has 0 heterocycles. The van der Waals surface area contributed by atoms with E-state index in [4.69, 9.17) is 4.74 Å². The van der Waals surface area contributed by atoms with E-state index >= 15 is 0 Å². The molecule has 21 heavy (non-hydrogen) atoms. The highest BCUT2D eigenvalue weighted by atomic mass is 79.9. The first-order chi connectivity index (χ1) is 9.82. The number of alkyl halides is 4. The van der Waals surface area contributed by atoms with Crippen molar-refractivity contribution in [2.24, 2.45) is 0 Å². The SMILES string of the molecule is Cc1cccc(Oc2ccc(CBr)cc2C(F)(F)F)c1C. The zero-order valence-electron chi connectivity index (χ0n) is 11.6. The Morgan fingerprint density at radius 3 is 2.38 bits per heavy atom. The minimum atomic E-state index is -4.45. The molecular weight excluding hydrogens is 345 g/mol. The van der Waals surface area contributed by atoms with E-state index in [2.05, 4.69) is 15.9 Å². The lowest BCUT2D eigenvalue weighted by molar-refractivity contribution is -0.138. The van der Waals surface area contributed by atoms with E-state index in [0.717, 1.165) is 17.2 Å². The number of benzene rings is 2. The molecule has 0 unspecified atom stereocenters. The van der Waals surface area contributed by atoms with Gasteiger partial charge < -0.3 is 4.74 Å². The Morgan fingerprint density at radius 1 is 1.05 bits per heavy atom. The standard InChI is InChI=1S/C16H14BrF3O/c1-10-4-3-5-14(11(10)2)21-15-7-6-12(9-17)8-13(15)16(18,19)20/h3-8H,9H2,1-2H3. The summed E-state index contributed by atoms with van der Waals surface area (Å²) in [5, 5.41) is 0.361. The molecule has 0 aliphatic rings. The Hall–Kier alpha value is -1.49. The van der Waals surface area contributed by atoms with E-state index in [9.17, 15) is 13.2 Å². The molecule has 1 nitrogen and oxygen atoms in total. The van der Waals surface area contributed by atoms with Gasteiger partial charge in [-0.3, -0.25) is 0 Å². The Kier molecular flexibility index (Phi) is 4.61. The lowest BCUT2D eigenvalue weighted by Crippen LogP contribution is -2.08. The van der Waals surface area contributed by atoms with E-state index in [1.165, 1.54) is 6.07 Å². The van der Waals surface area contributed by atoms with E-state index < -0.39 is 11.7 Å². The predicted octanol–water partition coefficient (Wildman–Crippen LogP) is 6.01. The van der Waals surface area contributed by atoms with Gasteiger partial charge in [0.15, 0.2) is 0 Å². The van der Waals surface area contributed by atoms with Crippen LogP contribution in [-0.4, -0.2) is 0 Å². The lowest BCUT2D eigenvalue weighted by atomic mass is 10.1. The molecule has 0 aliphatic carbocycles. The van der Waals surface area contributed by atoms with Crippen molar-refractivity contribution >= 4 is 15.9 Å². The summed E-state index contributed by atoms with van der Waals surface area (Å²) in [7, 11) is 0. The average Bonchev–Trinajstić information content (AvgIpc) is 2.43. The normalized spacial score (nSPS) is 11.5. The van der Waals surface area contributed by atoms with Gasteiger partial charge in [-0.2, -0.15) is 13.2 Å². The van der Waals surface area contributed by atoms with Gasteiger partial charge in [0.2, 0.25) is 0 Å². The maximum Gasteiger partial charge on any atom is 0.419 e. The average molecular weight is 359 g/mol. The maximum absolute atomic E-state index is 13.2. The number of halogens is 4. The van der Waals surface area contributed by atoms with Crippen molar-refractivity contribution in [3.05, 3.63) is 58.7 Å². The Labute approximate surface area is 129 Å². The van der Waals surface area contributed by atoms with Gasteiger partial charge in [0, 0.05) is 5.33 Å². The Balaban J connectivity index is 2.46. The molecule has 0 aliphatic heterocycles. The summed E-state index contributed by atoms with van der Waals surface area (Å²) in [4.78, 5) is 0. The van der Waals surface area contributed by atoms with Crippen LogP contribution in [0.5, 0.6) is 11.5 Å². The zero-order chi connectivity index (χ0) is 15.6. The number of hydrogen-bond donors (Lipinski definition) is 0. The summed E-state index contributed by atoms with van der Waals surface area (Å²) >= 11 is 3.16. The summed E-state index contributed by atoms with van der Waals surface area (Å²) in [5.74, 6) is 0.257. The van der Waals surface area contributed by atoms with Crippen LogP contribution in [0.25, 0.3) is 0 Å². The minimum absolute atomic E-state index is 0.180. The summed E-state index contributed by atoms with van der Waals surface area (Å²) in [6.07, 6.45) is -4.45. The number of ether oxygens (including phenoxy) is 1. The molecule has 0 spiro atoms. The molecule has 2 aromatic carbocycles. The fourth-order valence-corrected chi connectivity index (χ4v) is 2.27. The lowest BCUT2D eigenvalue weighted by Gasteiger charge is -2.16. The van der Waals surface area contributed by atoms with Crippen LogP contribution in [0.4, 0.5) is 13.2 Å². The van der Waals surface area contributed by atoms with Crippen LogP contribution in [-0.2, 0) is 11.5 Å². The van der Waals surface area contributed by atoms with Gasteiger partial charge in [-0.05, 0) is 48.7 Å². The highest BCUT2D eigenvalue weighted by molar-refractivity contribution is 9.08. The highest BCUT2D eigenvalue weighted by Gasteiger charge is 2.35. The quantitative estimate of drug-likeness (QED) is 0.610. The monoisotopic (exact) mass is 358 g/mol. The largest absolute Gasteiger partial charge is 0.456 e. The molecule has 0 aromatic heterocycles. The van der Waals surface area contributed by atoms with Gasteiger partial charge in [-0.1, -0.05) is 34.1 Å². The van der Waals surface area contributed by atoms with E-state index in [1.54, 1.807) is 18.2 Å². The third kappa shape index (κ3) is 3.59. The molecule has 0 amide bonds. The summed E-state index contributed by atoms with van der Waals surface area (Å²) in [6, 6.07) is 9.40. The van der Waals surface area contributed by atoms with Crippen LogP contribution >= 0.6 is 15.9 Å². The van der Waals surface area contributed by atoms with Gasteiger partial charge in [0.05, 0.1) is 5.56 Å². The van der Waals surface area contributed by atoms with Crippen LogP contribution in [0.2, 0.25) is 0 Å². The van der Waals surface area contributed by atoms with Crippen LogP contribution < -0.4 is 4.74 Å². The Bertz CT molecular complexity index is 650. The summed E-state index contributed by atoms with van der Waals surface area (Å²) in [6.45, 7) is 3.71. The van der Waals surface area contributed by atoms with Gasteiger partial charge in [0.1, 0.15) is 11.5 Å². The van der Waals surface area contributed by atoms with Crippen molar-refractivity contribution in [2.75, 3.05) is 0 Å².